The molecule has 0 aliphatic rings. The Labute approximate surface area is 164 Å². The van der Waals surface area contributed by atoms with Crippen molar-refractivity contribution in [2.24, 2.45) is 0 Å². The van der Waals surface area contributed by atoms with E-state index in [2.05, 4.69) is 25.8 Å². The zero-order chi connectivity index (χ0) is 19.5. The minimum atomic E-state index is -0.259. The number of carbonyl (C=O) groups excluding carboxylic acids is 1. The second-order valence-electron chi connectivity index (χ2n) is 5.98. The van der Waals surface area contributed by atoms with Gasteiger partial charge in [0, 0.05) is 16.6 Å². The molecule has 28 heavy (non-hydrogen) atoms. The summed E-state index contributed by atoms with van der Waals surface area (Å²) < 4.78 is 6.73. The number of aryl methyl sites for hydroxylation is 1. The van der Waals surface area contributed by atoms with E-state index in [9.17, 15) is 4.79 Å². The largest absolute Gasteiger partial charge is 0.497 e. The molecule has 4 aromatic rings. The maximum absolute atomic E-state index is 12.6. The molecule has 0 aliphatic heterocycles. The van der Waals surface area contributed by atoms with E-state index < -0.39 is 0 Å². The van der Waals surface area contributed by atoms with Gasteiger partial charge in [0.2, 0.25) is 0 Å². The van der Waals surface area contributed by atoms with Gasteiger partial charge in [-0.2, -0.15) is 0 Å². The van der Waals surface area contributed by atoms with E-state index in [1.54, 1.807) is 23.2 Å². The molecule has 0 aliphatic carbocycles. The lowest BCUT2D eigenvalue weighted by Gasteiger charge is -2.08. The molecule has 0 radical (unpaired) electrons. The predicted octanol–water partition coefficient (Wildman–Crippen LogP) is 3.36. The summed E-state index contributed by atoms with van der Waals surface area (Å²) in [5, 5.41) is 16.6. The summed E-state index contributed by atoms with van der Waals surface area (Å²) in [5.41, 5.74) is 3.77. The molecule has 8 nitrogen and oxygen atoms in total. The topological polar surface area (TPSA) is 94.8 Å². The van der Waals surface area contributed by atoms with E-state index in [1.165, 1.54) is 17.7 Å². The average Bonchev–Trinajstić information content (AvgIpc) is 3.40. The van der Waals surface area contributed by atoms with E-state index >= 15 is 0 Å². The van der Waals surface area contributed by atoms with Gasteiger partial charge in [-0.15, -0.1) is 16.4 Å². The van der Waals surface area contributed by atoms with E-state index in [1.807, 2.05) is 43.3 Å². The van der Waals surface area contributed by atoms with Gasteiger partial charge in [-0.25, -0.2) is 9.67 Å². The molecule has 2 aromatic heterocycles. The van der Waals surface area contributed by atoms with Crippen LogP contribution in [0.4, 0.5) is 5.69 Å². The third-order valence-corrected chi connectivity index (χ3v) is 5.02. The van der Waals surface area contributed by atoms with Gasteiger partial charge >= 0.3 is 0 Å². The van der Waals surface area contributed by atoms with Crippen LogP contribution in [-0.2, 0) is 0 Å². The van der Waals surface area contributed by atoms with Gasteiger partial charge in [0.1, 0.15) is 22.8 Å². The third-order valence-electron chi connectivity index (χ3n) is 4.12. The quantitative estimate of drug-likeness (QED) is 0.560. The number of hydrogen-bond acceptors (Lipinski definition) is 7. The van der Waals surface area contributed by atoms with Crippen LogP contribution in [0.2, 0.25) is 0 Å². The SMILES string of the molecule is COc1ccc(-c2nc(C(=O)Nc3ccc(-n4cnnn4)c(C)c3)cs2)cc1. The van der Waals surface area contributed by atoms with Crippen LogP contribution in [0.1, 0.15) is 16.1 Å². The fourth-order valence-electron chi connectivity index (χ4n) is 2.70. The van der Waals surface area contributed by atoms with Crippen molar-refractivity contribution in [1.29, 1.82) is 0 Å². The van der Waals surface area contributed by atoms with Crippen molar-refractivity contribution in [2.45, 2.75) is 6.92 Å². The van der Waals surface area contributed by atoms with Crippen LogP contribution in [0.25, 0.3) is 16.3 Å². The van der Waals surface area contributed by atoms with E-state index in [0.717, 1.165) is 27.6 Å². The Kier molecular flexibility index (Phi) is 4.81. The van der Waals surface area contributed by atoms with Crippen molar-refractivity contribution in [2.75, 3.05) is 12.4 Å². The number of thiazole rings is 1. The Hall–Kier alpha value is -3.59. The lowest BCUT2D eigenvalue weighted by molar-refractivity contribution is 0.102. The number of nitrogens with zero attached hydrogens (tertiary/aromatic N) is 5. The van der Waals surface area contributed by atoms with Crippen molar-refractivity contribution in [1.82, 2.24) is 25.2 Å². The molecule has 1 amide bonds. The van der Waals surface area contributed by atoms with Crippen LogP contribution in [0, 0.1) is 6.92 Å². The number of methoxy groups -OCH3 is 1. The number of carbonyl (C=O) groups is 1. The second-order valence-corrected chi connectivity index (χ2v) is 6.83. The van der Waals surface area contributed by atoms with Crippen molar-refractivity contribution in [3.05, 3.63) is 65.4 Å². The molecular weight excluding hydrogens is 376 g/mol. The molecular formula is C19H16N6O2S. The zero-order valence-electron chi connectivity index (χ0n) is 15.2. The Morgan fingerprint density at radius 1 is 1.18 bits per heavy atom. The summed E-state index contributed by atoms with van der Waals surface area (Å²) in [6.07, 6.45) is 1.52. The molecule has 0 unspecified atom stereocenters. The van der Waals surface area contributed by atoms with Gasteiger partial charge < -0.3 is 10.1 Å². The number of ether oxygens (including phenoxy) is 1. The lowest BCUT2D eigenvalue weighted by Crippen LogP contribution is -2.12. The number of rotatable bonds is 5. The van der Waals surface area contributed by atoms with E-state index in [-0.39, 0.29) is 5.91 Å². The van der Waals surface area contributed by atoms with E-state index in [4.69, 9.17) is 4.74 Å². The summed E-state index contributed by atoms with van der Waals surface area (Å²) in [5.74, 6) is 0.518. The molecule has 9 heteroatoms. The number of aromatic nitrogens is 5. The van der Waals surface area contributed by atoms with Crippen molar-refractivity contribution < 1.29 is 9.53 Å². The first kappa shape index (κ1) is 17.8. The highest BCUT2D eigenvalue weighted by molar-refractivity contribution is 7.13. The molecule has 4 rings (SSSR count). The standard InChI is InChI=1S/C19H16N6O2S/c1-12-9-14(5-8-17(12)25-11-20-23-24-25)21-18(26)16-10-28-19(22-16)13-3-6-15(27-2)7-4-13/h3-11H,1-2H3,(H,21,26). The summed E-state index contributed by atoms with van der Waals surface area (Å²) in [7, 11) is 1.62. The molecule has 2 aromatic carbocycles. The van der Waals surface area contributed by atoms with Crippen molar-refractivity contribution in [3.63, 3.8) is 0 Å². The van der Waals surface area contributed by atoms with Gasteiger partial charge in [-0.1, -0.05) is 0 Å². The fourth-order valence-corrected chi connectivity index (χ4v) is 3.51. The normalized spacial score (nSPS) is 10.6. The predicted molar refractivity (Wildman–Crippen MR) is 106 cm³/mol. The number of anilines is 1. The summed E-state index contributed by atoms with van der Waals surface area (Å²) in [4.78, 5) is 17.0. The van der Waals surface area contributed by atoms with Gasteiger partial charge in [0.25, 0.3) is 5.91 Å². The van der Waals surface area contributed by atoms with Gasteiger partial charge in [0.15, 0.2) is 0 Å². The van der Waals surface area contributed by atoms with Gasteiger partial charge in [-0.3, -0.25) is 4.79 Å². The molecule has 1 N–H and O–H groups in total. The molecule has 0 spiro atoms. The number of hydrogen-bond donors (Lipinski definition) is 1. The Morgan fingerprint density at radius 2 is 2.00 bits per heavy atom. The summed E-state index contributed by atoms with van der Waals surface area (Å²) in [6, 6.07) is 13.1. The Morgan fingerprint density at radius 3 is 2.68 bits per heavy atom. The van der Waals surface area contributed by atoms with Crippen LogP contribution >= 0.6 is 11.3 Å². The summed E-state index contributed by atoms with van der Waals surface area (Å²) in [6.45, 7) is 1.93. The third kappa shape index (κ3) is 3.60. The number of tetrazole rings is 1. The maximum atomic E-state index is 12.6. The minimum absolute atomic E-state index is 0.259. The highest BCUT2D eigenvalue weighted by Crippen LogP contribution is 2.26. The first-order valence-corrected chi connectivity index (χ1v) is 9.27. The maximum Gasteiger partial charge on any atom is 0.275 e. The van der Waals surface area contributed by atoms with Crippen LogP contribution in [0.3, 0.4) is 0 Å². The summed E-state index contributed by atoms with van der Waals surface area (Å²) >= 11 is 1.42. The van der Waals surface area contributed by atoms with Crippen LogP contribution < -0.4 is 10.1 Å². The van der Waals surface area contributed by atoms with Crippen molar-refractivity contribution >= 4 is 22.9 Å². The molecule has 0 fully saturated rings. The van der Waals surface area contributed by atoms with Gasteiger partial charge in [0.05, 0.1) is 12.8 Å². The molecule has 0 saturated carbocycles. The monoisotopic (exact) mass is 392 g/mol. The number of nitrogens with one attached hydrogen (secondary N) is 1. The molecule has 0 saturated heterocycles. The molecule has 140 valence electrons. The second kappa shape index (κ2) is 7.57. The first-order valence-electron chi connectivity index (χ1n) is 8.39. The average molecular weight is 392 g/mol. The van der Waals surface area contributed by atoms with E-state index in [0.29, 0.717) is 11.4 Å². The van der Waals surface area contributed by atoms with Crippen LogP contribution in [0.5, 0.6) is 5.75 Å². The molecule has 0 atom stereocenters. The minimum Gasteiger partial charge on any atom is -0.497 e. The first-order chi connectivity index (χ1) is 13.6. The number of amides is 1. The Balaban J connectivity index is 1.49. The fraction of sp³-hybridized carbons (Fsp3) is 0.105. The van der Waals surface area contributed by atoms with Crippen LogP contribution in [-0.4, -0.2) is 38.2 Å². The highest BCUT2D eigenvalue weighted by atomic mass is 32.1. The lowest BCUT2D eigenvalue weighted by atomic mass is 10.1. The number of benzene rings is 2. The smallest absolute Gasteiger partial charge is 0.275 e. The van der Waals surface area contributed by atoms with Crippen molar-refractivity contribution in [3.8, 4) is 22.0 Å². The molecule has 0 bridgehead atoms. The van der Waals surface area contributed by atoms with Gasteiger partial charge in [-0.05, 0) is 65.4 Å². The Bertz CT molecular complexity index is 1110. The highest BCUT2D eigenvalue weighted by Gasteiger charge is 2.13. The van der Waals surface area contributed by atoms with Crippen LogP contribution in [0.15, 0.2) is 54.2 Å². The zero-order valence-corrected chi connectivity index (χ0v) is 16.0. The molecule has 2 heterocycles.